The third kappa shape index (κ3) is 6.40. The molecule has 2 aromatic carbocycles. The van der Waals surface area contributed by atoms with E-state index in [0.29, 0.717) is 43.1 Å². The van der Waals surface area contributed by atoms with Gasteiger partial charge in [0.05, 0.1) is 11.5 Å². The Hall–Kier alpha value is -2.71. The zero-order chi connectivity index (χ0) is 22.1. The lowest BCUT2D eigenvalue weighted by Gasteiger charge is -2.18. The van der Waals surface area contributed by atoms with Gasteiger partial charge in [0.15, 0.2) is 5.78 Å². The van der Waals surface area contributed by atoms with Gasteiger partial charge >= 0.3 is 0 Å². The van der Waals surface area contributed by atoms with Crippen molar-refractivity contribution in [3.05, 3.63) is 54.1 Å². The number of hydrogen-bond donors (Lipinski definition) is 1. The van der Waals surface area contributed by atoms with E-state index in [1.165, 1.54) is 23.4 Å². The maximum atomic E-state index is 12.5. The van der Waals surface area contributed by atoms with E-state index in [4.69, 9.17) is 4.74 Å². The molecule has 0 spiro atoms. The number of carbonyl (C=O) groups excluding carboxylic acids is 2. The Labute approximate surface area is 178 Å². The van der Waals surface area contributed by atoms with Crippen molar-refractivity contribution in [2.75, 3.05) is 25.0 Å². The summed E-state index contributed by atoms with van der Waals surface area (Å²) in [5.41, 5.74) is 1.16. The van der Waals surface area contributed by atoms with Gasteiger partial charge in [0, 0.05) is 30.8 Å². The van der Waals surface area contributed by atoms with Crippen LogP contribution >= 0.6 is 0 Å². The molecule has 0 fully saturated rings. The van der Waals surface area contributed by atoms with Crippen molar-refractivity contribution >= 4 is 27.4 Å². The van der Waals surface area contributed by atoms with Gasteiger partial charge in [-0.25, -0.2) is 8.42 Å². The molecule has 30 heavy (non-hydrogen) atoms. The normalized spacial score (nSPS) is 11.3. The van der Waals surface area contributed by atoms with E-state index >= 15 is 0 Å². The smallest absolute Gasteiger partial charge is 0.243 e. The molecule has 1 amide bonds. The number of sulfonamides is 1. The van der Waals surface area contributed by atoms with E-state index in [9.17, 15) is 18.0 Å². The predicted octanol–water partition coefficient (Wildman–Crippen LogP) is 3.72. The molecule has 1 N–H and O–H groups in total. The van der Waals surface area contributed by atoms with E-state index in [1.807, 2.05) is 0 Å². The average Bonchev–Trinajstić information content (AvgIpc) is 2.72. The minimum absolute atomic E-state index is 0.00286. The third-order valence-electron chi connectivity index (χ3n) is 4.56. The summed E-state index contributed by atoms with van der Waals surface area (Å²) in [7, 11) is -3.51. The van der Waals surface area contributed by atoms with E-state index in [1.54, 1.807) is 50.2 Å². The third-order valence-corrected chi connectivity index (χ3v) is 6.62. The van der Waals surface area contributed by atoms with E-state index < -0.39 is 10.0 Å². The number of rotatable bonds is 11. The van der Waals surface area contributed by atoms with Crippen molar-refractivity contribution in [3.8, 4) is 5.75 Å². The molecule has 0 aliphatic heterocycles. The van der Waals surface area contributed by atoms with Gasteiger partial charge in [0.25, 0.3) is 0 Å². The van der Waals surface area contributed by atoms with Crippen LogP contribution in [0, 0.1) is 0 Å². The Morgan fingerprint density at radius 2 is 1.57 bits per heavy atom. The molecule has 0 saturated heterocycles. The van der Waals surface area contributed by atoms with Gasteiger partial charge in [-0.2, -0.15) is 4.31 Å². The van der Waals surface area contributed by atoms with Gasteiger partial charge in [0.2, 0.25) is 15.9 Å². The Morgan fingerprint density at radius 3 is 2.10 bits per heavy atom. The van der Waals surface area contributed by atoms with Crippen LogP contribution in [0.25, 0.3) is 0 Å². The molecular weight excluding hydrogens is 404 g/mol. The number of anilines is 1. The molecule has 0 aliphatic rings. The fourth-order valence-electron chi connectivity index (χ4n) is 2.85. The Kier molecular flexibility index (Phi) is 8.56. The first-order valence-electron chi connectivity index (χ1n) is 9.91. The molecule has 7 nitrogen and oxygen atoms in total. The summed E-state index contributed by atoms with van der Waals surface area (Å²) in [6, 6.07) is 13.0. The SMILES string of the molecule is CCN(CC)S(=O)(=O)c1ccc(NC(=O)CCCOc2ccc(C(C)=O)cc2)cc1. The maximum Gasteiger partial charge on any atom is 0.243 e. The quantitative estimate of drug-likeness (QED) is 0.432. The first-order valence-corrected chi connectivity index (χ1v) is 11.4. The van der Waals surface area contributed by atoms with Crippen LogP contribution < -0.4 is 10.1 Å². The number of amides is 1. The number of nitrogens with one attached hydrogen (secondary N) is 1. The van der Waals surface area contributed by atoms with Gasteiger partial charge in [-0.1, -0.05) is 13.8 Å². The van der Waals surface area contributed by atoms with Crippen molar-refractivity contribution in [1.82, 2.24) is 4.31 Å². The van der Waals surface area contributed by atoms with Gasteiger partial charge < -0.3 is 10.1 Å². The molecular formula is C22H28N2O5S. The molecule has 0 radical (unpaired) electrons. The van der Waals surface area contributed by atoms with Gasteiger partial charge in [0.1, 0.15) is 5.75 Å². The Bertz CT molecular complexity index is 950. The Balaban J connectivity index is 1.80. The second-order valence-corrected chi connectivity index (χ2v) is 8.63. The first kappa shape index (κ1) is 23.6. The predicted molar refractivity (Wildman–Crippen MR) is 116 cm³/mol. The lowest BCUT2D eigenvalue weighted by molar-refractivity contribution is -0.116. The molecule has 0 unspecified atom stereocenters. The molecule has 162 valence electrons. The van der Waals surface area contributed by atoms with Crippen LogP contribution in [0.15, 0.2) is 53.4 Å². The molecule has 0 aromatic heterocycles. The van der Waals surface area contributed by atoms with Gasteiger partial charge in [-0.05, 0) is 61.9 Å². The summed E-state index contributed by atoms with van der Waals surface area (Å²) in [6.45, 7) is 6.27. The second kappa shape index (κ2) is 10.9. The van der Waals surface area contributed by atoms with Crippen LogP contribution in [0.4, 0.5) is 5.69 Å². The Morgan fingerprint density at radius 1 is 0.967 bits per heavy atom. The van der Waals surface area contributed by atoms with Crippen molar-refractivity contribution < 1.29 is 22.7 Å². The maximum absolute atomic E-state index is 12.5. The summed E-state index contributed by atoms with van der Waals surface area (Å²) in [5, 5.41) is 2.76. The van der Waals surface area contributed by atoms with Crippen LogP contribution in [-0.2, 0) is 14.8 Å². The lowest BCUT2D eigenvalue weighted by Crippen LogP contribution is -2.30. The number of carbonyl (C=O) groups is 2. The standard InChI is InChI=1S/C22H28N2O5S/c1-4-24(5-2)30(27,28)21-14-10-19(11-15-21)23-22(26)7-6-16-29-20-12-8-18(9-13-20)17(3)25/h8-15H,4-7,16H2,1-3H3,(H,23,26). The molecule has 0 aliphatic carbocycles. The average molecular weight is 433 g/mol. The molecule has 0 heterocycles. The van der Waals surface area contributed by atoms with Crippen LogP contribution in [0.2, 0.25) is 0 Å². The van der Waals surface area contributed by atoms with Gasteiger partial charge in [-0.15, -0.1) is 0 Å². The van der Waals surface area contributed by atoms with Crippen molar-refractivity contribution in [1.29, 1.82) is 0 Å². The summed E-state index contributed by atoms with van der Waals surface area (Å²) < 4.78 is 31.9. The minimum atomic E-state index is -3.51. The fourth-order valence-corrected chi connectivity index (χ4v) is 4.31. The van der Waals surface area contributed by atoms with E-state index in [-0.39, 0.29) is 23.0 Å². The highest BCUT2D eigenvalue weighted by Gasteiger charge is 2.21. The monoisotopic (exact) mass is 432 g/mol. The molecule has 2 aromatic rings. The number of hydrogen-bond acceptors (Lipinski definition) is 5. The highest BCUT2D eigenvalue weighted by Crippen LogP contribution is 2.18. The summed E-state index contributed by atoms with van der Waals surface area (Å²) in [4.78, 5) is 23.5. The summed E-state index contributed by atoms with van der Waals surface area (Å²) in [6.07, 6.45) is 0.791. The summed E-state index contributed by atoms with van der Waals surface area (Å²) in [5.74, 6) is 0.465. The number of benzene rings is 2. The first-order chi connectivity index (χ1) is 14.3. The largest absolute Gasteiger partial charge is 0.494 e. The highest BCUT2D eigenvalue weighted by atomic mass is 32.2. The summed E-state index contributed by atoms with van der Waals surface area (Å²) >= 11 is 0. The van der Waals surface area contributed by atoms with Crippen molar-refractivity contribution in [2.45, 2.75) is 38.5 Å². The van der Waals surface area contributed by atoms with E-state index in [0.717, 1.165) is 0 Å². The second-order valence-electron chi connectivity index (χ2n) is 6.69. The van der Waals surface area contributed by atoms with Gasteiger partial charge in [-0.3, -0.25) is 9.59 Å². The van der Waals surface area contributed by atoms with Crippen LogP contribution in [0.5, 0.6) is 5.75 Å². The molecule has 0 atom stereocenters. The molecule has 0 bridgehead atoms. The van der Waals surface area contributed by atoms with Crippen LogP contribution in [0.3, 0.4) is 0 Å². The number of ether oxygens (including phenoxy) is 1. The van der Waals surface area contributed by atoms with Crippen LogP contribution in [0.1, 0.15) is 44.0 Å². The molecule has 8 heteroatoms. The van der Waals surface area contributed by atoms with Crippen LogP contribution in [-0.4, -0.2) is 44.1 Å². The van der Waals surface area contributed by atoms with Crippen molar-refractivity contribution in [3.63, 3.8) is 0 Å². The minimum Gasteiger partial charge on any atom is -0.494 e. The molecule has 0 saturated carbocycles. The number of ketones is 1. The zero-order valence-electron chi connectivity index (χ0n) is 17.6. The highest BCUT2D eigenvalue weighted by molar-refractivity contribution is 7.89. The van der Waals surface area contributed by atoms with Crippen molar-refractivity contribution in [2.24, 2.45) is 0 Å². The zero-order valence-corrected chi connectivity index (χ0v) is 18.4. The number of nitrogens with zero attached hydrogens (tertiary/aromatic N) is 1. The lowest BCUT2D eigenvalue weighted by atomic mass is 10.1. The fraction of sp³-hybridized carbons (Fsp3) is 0.364. The number of Topliss-reactive ketones (excluding diaryl/α,β-unsaturated/α-hetero) is 1. The topological polar surface area (TPSA) is 92.8 Å². The van der Waals surface area contributed by atoms with E-state index in [2.05, 4.69) is 5.32 Å². The molecule has 2 rings (SSSR count).